The first-order valence-corrected chi connectivity index (χ1v) is 3.82. The van der Waals surface area contributed by atoms with E-state index in [0.29, 0.717) is 0 Å². The van der Waals surface area contributed by atoms with Crippen LogP contribution in [-0.4, -0.2) is 27.8 Å². The molecule has 1 rings (SSSR count). The first-order chi connectivity index (χ1) is 7.06. The highest BCUT2D eigenvalue weighted by Crippen LogP contribution is 2.05. The van der Waals surface area contributed by atoms with Crippen molar-refractivity contribution in [3.63, 3.8) is 0 Å². The quantitative estimate of drug-likeness (QED) is 0.256. The molecule has 1 aromatic rings. The van der Waals surface area contributed by atoms with Crippen molar-refractivity contribution < 1.29 is 24.3 Å². The summed E-state index contributed by atoms with van der Waals surface area (Å²) in [4.78, 5) is 21.8. The van der Waals surface area contributed by atoms with Crippen LogP contribution in [0.15, 0.2) is 29.4 Å². The van der Waals surface area contributed by atoms with Crippen LogP contribution in [0.1, 0.15) is 10.4 Å². The molecule has 0 heterocycles. The van der Waals surface area contributed by atoms with E-state index in [1.807, 2.05) is 0 Å². The largest absolute Gasteiger partial charge is 0.476 e. The Bertz CT molecular complexity index is 441. The Morgan fingerprint density at radius 3 is 2.47 bits per heavy atom. The number of carboxylic acids is 1. The highest BCUT2D eigenvalue weighted by molar-refractivity contribution is 6.67. The molecular weight excluding hydrogens is 205 g/mol. The molecule has 0 spiro atoms. The van der Waals surface area contributed by atoms with E-state index in [4.69, 9.17) is 10.3 Å². The summed E-state index contributed by atoms with van der Waals surface area (Å²) in [6, 6.07) is 4.43. The Hall–Kier alpha value is -2.24. The van der Waals surface area contributed by atoms with Crippen molar-refractivity contribution in [3.05, 3.63) is 35.6 Å². The number of rotatable bonds is 3. The van der Waals surface area contributed by atoms with Gasteiger partial charge in [-0.05, 0) is 12.1 Å². The molecule has 0 saturated carbocycles. The van der Waals surface area contributed by atoms with Crippen molar-refractivity contribution in [2.75, 3.05) is 0 Å². The molecule has 5 nitrogen and oxygen atoms in total. The summed E-state index contributed by atoms with van der Waals surface area (Å²) < 4.78 is 12.7. The first-order valence-electron chi connectivity index (χ1n) is 3.82. The van der Waals surface area contributed by atoms with Gasteiger partial charge in [0.1, 0.15) is 5.82 Å². The minimum absolute atomic E-state index is 0.190. The third kappa shape index (κ3) is 2.37. The van der Waals surface area contributed by atoms with Gasteiger partial charge in [-0.25, -0.2) is 9.18 Å². The molecule has 0 unspecified atom stereocenters. The number of carboxylic acid groups (broad SMARTS) is 1. The number of nitrogens with zero attached hydrogens (tertiary/aromatic N) is 1. The number of oxime groups is 1. The molecule has 1 aromatic carbocycles. The van der Waals surface area contributed by atoms with Crippen LogP contribution in [0, 0.1) is 5.82 Å². The number of carbonyl (C=O) groups is 2. The lowest BCUT2D eigenvalue weighted by molar-refractivity contribution is -0.129. The molecule has 0 saturated heterocycles. The van der Waals surface area contributed by atoms with Gasteiger partial charge in [-0.2, -0.15) is 0 Å². The van der Waals surface area contributed by atoms with Gasteiger partial charge in [-0.15, -0.1) is 0 Å². The topological polar surface area (TPSA) is 87.0 Å². The van der Waals surface area contributed by atoms with Gasteiger partial charge in [0.25, 0.3) is 0 Å². The molecule has 15 heavy (non-hydrogen) atoms. The molecule has 78 valence electrons. The molecule has 0 amide bonds. The fourth-order valence-corrected chi connectivity index (χ4v) is 0.952. The highest BCUT2D eigenvalue weighted by atomic mass is 19.1. The number of aliphatic carboxylic acids is 1. The number of ketones is 1. The van der Waals surface area contributed by atoms with E-state index < -0.39 is 23.3 Å². The van der Waals surface area contributed by atoms with Gasteiger partial charge in [0.2, 0.25) is 11.5 Å². The summed E-state index contributed by atoms with van der Waals surface area (Å²) in [5.74, 6) is -3.40. The SMILES string of the molecule is O=C(O)/C(=N\O)C(=O)c1cccc(F)c1. The van der Waals surface area contributed by atoms with Gasteiger partial charge in [-0.1, -0.05) is 17.3 Å². The van der Waals surface area contributed by atoms with Crippen molar-refractivity contribution in [3.8, 4) is 0 Å². The Morgan fingerprint density at radius 1 is 1.33 bits per heavy atom. The molecule has 0 fully saturated rings. The lowest BCUT2D eigenvalue weighted by Gasteiger charge is -1.98. The summed E-state index contributed by atoms with van der Waals surface area (Å²) in [7, 11) is 0. The Morgan fingerprint density at radius 2 is 2.00 bits per heavy atom. The zero-order chi connectivity index (χ0) is 11.4. The summed E-state index contributed by atoms with van der Waals surface area (Å²) in [6.45, 7) is 0. The van der Waals surface area contributed by atoms with Gasteiger partial charge in [-0.3, -0.25) is 4.79 Å². The third-order valence-corrected chi connectivity index (χ3v) is 1.60. The predicted molar refractivity (Wildman–Crippen MR) is 47.6 cm³/mol. The second kappa shape index (κ2) is 4.32. The van der Waals surface area contributed by atoms with Crippen LogP contribution >= 0.6 is 0 Å². The van der Waals surface area contributed by atoms with E-state index in [9.17, 15) is 14.0 Å². The van der Waals surface area contributed by atoms with Gasteiger partial charge in [0.05, 0.1) is 0 Å². The molecule has 0 radical (unpaired) electrons. The first kappa shape index (κ1) is 10.8. The van der Waals surface area contributed by atoms with E-state index in [2.05, 4.69) is 5.16 Å². The van der Waals surface area contributed by atoms with Crippen LogP contribution in [0.2, 0.25) is 0 Å². The lowest BCUT2D eigenvalue weighted by Crippen LogP contribution is -2.24. The number of hydrogen-bond donors (Lipinski definition) is 2. The number of carbonyl (C=O) groups excluding carboxylic acids is 1. The molecule has 0 bridgehead atoms. The Kier molecular flexibility index (Phi) is 3.12. The van der Waals surface area contributed by atoms with Gasteiger partial charge >= 0.3 is 5.97 Å². The number of benzene rings is 1. The fraction of sp³-hybridized carbons (Fsp3) is 0. The van der Waals surface area contributed by atoms with E-state index in [1.54, 1.807) is 0 Å². The Labute approximate surface area is 83.5 Å². The zero-order valence-electron chi connectivity index (χ0n) is 7.35. The summed E-state index contributed by atoms with van der Waals surface area (Å²) >= 11 is 0. The maximum Gasteiger partial charge on any atom is 0.362 e. The van der Waals surface area contributed by atoms with Crippen molar-refractivity contribution in [2.45, 2.75) is 0 Å². The normalized spacial score (nSPS) is 11.1. The van der Waals surface area contributed by atoms with Gasteiger partial charge in [0.15, 0.2) is 0 Å². The highest BCUT2D eigenvalue weighted by Gasteiger charge is 2.22. The zero-order valence-corrected chi connectivity index (χ0v) is 7.35. The van der Waals surface area contributed by atoms with E-state index >= 15 is 0 Å². The second-order valence-corrected chi connectivity index (χ2v) is 2.59. The van der Waals surface area contributed by atoms with E-state index in [1.165, 1.54) is 12.1 Å². The second-order valence-electron chi connectivity index (χ2n) is 2.59. The van der Waals surface area contributed by atoms with Crippen molar-refractivity contribution in [1.29, 1.82) is 0 Å². The fourth-order valence-electron chi connectivity index (χ4n) is 0.952. The van der Waals surface area contributed by atoms with Crippen LogP contribution in [-0.2, 0) is 4.79 Å². The van der Waals surface area contributed by atoms with Gasteiger partial charge in [0, 0.05) is 5.56 Å². The van der Waals surface area contributed by atoms with Crippen LogP contribution in [0.25, 0.3) is 0 Å². The minimum atomic E-state index is -1.67. The molecule has 0 aromatic heterocycles. The maximum absolute atomic E-state index is 12.7. The van der Waals surface area contributed by atoms with E-state index in [0.717, 1.165) is 12.1 Å². The maximum atomic E-state index is 12.7. The third-order valence-electron chi connectivity index (χ3n) is 1.60. The molecule has 0 aliphatic rings. The van der Waals surface area contributed by atoms with Crippen LogP contribution < -0.4 is 0 Å². The molecular formula is C9H6FNO4. The predicted octanol–water partition coefficient (Wildman–Crippen LogP) is 0.923. The smallest absolute Gasteiger partial charge is 0.362 e. The minimum Gasteiger partial charge on any atom is -0.476 e. The number of hydrogen-bond acceptors (Lipinski definition) is 4. The van der Waals surface area contributed by atoms with Crippen LogP contribution in [0.4, 0.5) is 4.39 Å². The lowest BCUT2D eigenvalue weighted by atomic mass is 10.1. The van der Waals surface area contributed by atoms with Crippen LogP contribution in [0.3, 0.4) is 0 Å². The summed E-state index contributed by atoms with van der Waals surface area (Å²) in [6.07, 6.45) is 0. The molecule has 6 heteroatoms. The van der Waals surface area contributed by atoms with Crippen LogP contribution in [0.5, 0.6) is 0 Å². The monoisotopic (exact) mass is 211 g/mol. The van der Waals surface area contributed by atoms with Crippen molar-refractivity contribution in [1.82, 2.24) is 0 Å². The van der Waals surface area contributed by atoms with E-state index in [-0.39, 0.29) is 5.56 Å². The molecule has 0 atom stereocenters. The molecule has 2 N–H and O–H groups in total. The van der Waals surface area contributed by atoms with Crippen molar-refractivity contribution >= 4 is 17.5 Å². The average molecular weight is 211 g/mol. The summed E-state index contributed by atoms with van der Waals surface area (Å²) in [5.41, 5.74) is -1.24. The average Bonchev–Trinajstić information content (AvgIpc) is 2.18. The molecule has 0 aliphatic carbocycles. The summed E-state index contributed by atoms with van der Waals surface area (Å²) in [5, 5.41) is 19.1. The number of halogens is 1. The Balaban J connectivity index is 3.09. The standard InChI is InChI=1S/C9H6FNO4/c10-6-3-1-2-5(4-6)8(12)7(11-15)9(13)14/h1-4,15H,(H,13,14)/b11-7-. The molecule has 0 aliphatic heterocycles. The van der Waals surface area contributed by atoms with Crippen molar-refractivity contribution in [2.24, 2.45) is 5.16 Å². The number of Topliss-reactive ketones (excluding diaryl/α,β-unsaturated/α-hetero) is 1. The van der Waals surface area contributed by atoms with Gasteiger partial charge < -0.3 is 10.3 Å².